The normalized spacial score (nSPS) is 15.3. The summed E-state index contributed by atoms with van der Waals surface area (Å²) in [6.45, 7) is 3.35. The van der Waals surface area contributed by atoms with E-state index in [2.05, 4.69) is 14.9 Å². The van der Waals surface area contributed by atoms with E-state index >= 15 is 0 Å². The summed E-state index contributed by atoms with van der Waals surface area (Å²) in [6.07, 6.45) is 1.53. The van der Waals surface area contributed by atoms with Crippen molar-refractivity contribution >= 4 is 34.2 Å². The molecule has 0 spiro atoms. The van der Waals surface area contributed by atoms with Crippen LogP contribution in [0.2, 0.25) is 5.02 Å². The van der Waals surface area contributed by atoms with Gasteiger partial charge in [-0.15, -0.1) is 0 Å². The first-order chi connectivity index (χ1) is 15.2. The summed E-state index contributed by atoms with van der Waals surface area (Å²) < 4.78 is 5.83. The van der Waals surface area contributed by atoms with E-state index in [1.54, 1.807) is 6.33 Å². The SMILES string of the molecule is NCCOC(Cc1ccc(Cl)cc1)C(=O)N1CCN(c2ncnc3ccccc23)CC1. The Morgan fingerprint density at radius 1 is 1.06 bits per heavy atom. The number of carbonyl (C=O) groups is 1. The highest BCUT2D eigenvalue weighted by Crippen LogP contribution is 2.24. The maximum Gasteiger partial charge on any atom is 0.252 e. The molecule has 2 heterocycles. The number of fused-ring (bicyclic) bond motifs is 1. The van der Waals surface area contributed by atoms with Crippen molar-refractivity contribution in [1.29, 1.82) is 0 Å². The zero-order chi connectivity index (χ0) is 21.6. The highest BCUT2D eigenvalue weighted by molar-refractivity contribution is 6.30. The Morgan fingerprint density at radius 2 is 1.81 bits per heavy atom. The topological polar surface area (TPSA) is 84.6 Å². The van der Waals surface area contributed by atoms with Gasteiger partial charge in [0.25, 0.3) is 5.91 Å². The van der Waals surface area contributed by atoms with E-state index < -0.39 is 6.10 Å². The molecule has 8 heteroatoms. The molecule has 1 amide bonds. The van der Waals surface area contributed by atoms with Gasteiger partial charge in [-0.1, -0.05) is 35.9 Å². The predicted molar refractivity (Wildman–Crippen MR) is 122 cm³/mol. The van der Waals surface area contributed by atoms with E-state index in [0.717, 1.165) is 22.3 Å². The Hall–Kier alpha value is -2.74. The number of hydrogen-bond acceptors (Lipinski definition) is 6. The number of nitrogens with zero attached hydrogens (tertiary/aromatic N) is 4. The third kappa shape index (κ3) is 5.12. The third-order valence-corrected chi connectivity index (χ3v) is 5.71. The predicted octanol–water partition coefficient (Wildman–Crippen LogP) is 2.52. The fourth-order valence-electron chi connectivity index (χ4n) is 3.85. The summed E-state index contributed by atoms with van der Waals surface area (Å²) in [5, 5.41) is 1.69. The molecule has 0 aliphatic carbocycles. The quantitative estimate of drug-likeness (QED) is 0.609. The van der Waals surface area contributed by atoms with Crippen LogP contribution in [0.15, 0.2) is 54.9 Å². The lowest BCUT2D eigenvalue weighted by molar-refractivity contribution is -0.143. The number of ether oxygens (including phenoxy) is 1. The van der Waals surface area contributed by atoms with Crippen LogP contribution in [0, 0.1) is 0 Å². The van der Waals surface area contributed by atoms with Crippen molar-refractivity contribution in [2.24, 2.45) is 5.73 Å². The number of halogens is 1. The van der Waals surface area contributed by atoms with Crippen LogP contribution >= 0.6 is 11.6 Å². The van der Waals surface area contributed by atoms with E-state index in [4.69, 9.17) is 22.1 Å². The van der Waals surface area contributed by atoms with Crippen molar-refractivity contribution in [3.8, 4) is 0 Å². The Labute approximate surface area is 186 Å². The zero-order valence-corrected chi connectivity index (χ0v) is 18.0. The number of benzene rings is 2. The molecule has 1 aromatic heterocycles. The number of hydrogen-bond donors (Lipinski definition) is 1. The number of amides is 1. The summed E-state index contributed by atoms with van der Waals surface area (Å²) in [5.41, 5.74) is 7.54. The number of rotatable bonds is 7. The van der Waals surface area contributed by atoms with Crippen molar-refractivity contribution in [2.75, 3.05) is 44.2 Å². The highest BCUT2D eigenvalue weighted by atomic mass is 35.5. The molecule has 0 radical (unpaired) electrons. The lowest BCUT2D eigenvalue weighted by Crippen LogP contribution is -2.52. The summed E-state index contributed by atoms with van der Waals surface area (Å²) in [7, 11) is 0. The van der Waals surface area contributed by atoms with Gasteiger partial charge < -0.3 is 20.3 Å². The van der Waals surface area contributed by atoms with E-state index in [1.165, 1.54) is 0 Å². The first-order valence-corrected chi connectivity index (χ1v) is 10.8. The molecule has 7 nitrogen and oxygen atoms in total. The van der Waals surface area contributed by atoms with Crippen molar-refractivity contribution < 1.29 is 9.53 Å². The standard InChI is InChI=1S/C23H26ClN5O2/c24-18-7-5-17(6-8-18)15-21(31-14-9-25)23(30)29-12-10-28(11-13-29)22-19-3-1-2-4-20(19)26-16-27-22/h1-8,16,21H,9-15,25H2. The van der Waals surface area contributed by atoms with Gasteiger partial charge in [0.15, 0.2) is 0 Å². The van der Waals surface area contributed by atoms with E-state index in [-0.39, 0.29) is 5.91 Å². The Bertz CT molecular complexity index is 1020. The van der Waals surface area contributed by atoms with E-state index in [9.17, 15) is 4.79 Å². The second kappa shape index (κ2) is 10.0. The Kier molecular flexibility index (Phi) is 6.96. The minimum absolute atomic E-state index is 0.00408. The largest absolute Gasteiger partial charge is 0.367 e. The monoisotopic (exact) mass is 439 g/mol. The van der Waals surface area contributed by atoms with Crippen LogP contribution in [-0.2, 0) is 16.0 Å². The summed E-state index contributed by atoms with van der Waals surface area (Å²) in [4.78, 5) is 26.1. The van der Waals surface area contributed by atoms with Gasteiger partial charge in [0.1, 0.15) is 18.2 Å². The number of piperazine rings is 1. The second-order valence-electron chi connectivity index (χ2n) is 7.51. The van der Waals surface area contributed by atoms with Crippen LogP contribution in [0.25, 0.3) is 10.9 Å². The number of para-hydroxylation sites is 1. The van der Waals surface area contributed by atoms with Crippen molar-refractivity contribution in [3.63, 3.8) is 0 Å². The van der Waals surface area contributed by atoms with E-state index in [1.807, 2.05) is 53.4 Å². The van der Waals surface area contributed by atoms with Crippen LogP contribution < -0.4 is 10.6 Å². The van der Waals surface area contributed by atoms with Crippen molar-refractivity contribution in [1.82, 2.24) is 14.9 Å². The average molecular weight is 440 g/mol. The molecule has 1 aliphatic rings. The molecule has 0 saturated carbocycles. The fourth-order valence-corrected chi connectivity index (χ4v) is 3.97. The molecule has 31 heavy (non-hydrogen) atoms. The van der Waals surface area contributed by atoms with Crippen LogP contribution in [0.5, 0.6) is 0 Å². The van der Waals surface area contributed by atoms with Crippen LogP contribution in [0.3, 0.4) is 0 Å². The minimum atomic E-state index is -0.559. The van der Waals surface area contributed by atoms with Gasteiger partial charge in [-0.2, -0.15) is 0 Å². The second-order valence-corrected chi connectivity index (χ2v) is 7.94. The third-order valence-electron chi connectivity index (χ3n) is 5.46. The van der Waals surface area contributed by atoms with Gasteiger partial charge in [-0.25, -0.2) is 9.97 Å². The number of anilines is 1. The average Bonchev–Trinajstić information content (AvgIpc) is 2.82. The van der Waals surface area contributed by atoms with Crippen LogP contribution in [0.4, 0.5) is 5.82 Å². The van der Waals surface area contributed by atoms with Gasteiger partial charge in [0.05, 0.1) is 12.1 Å². The summed E-state index contributed by atoms with van der Waals surface area (Å²) in [5.74, 6) is 0.908. The first-order valence-electron chi connectivity index (χ1n) is 10.5. The maximum absolute atomic E-state index is 13.2. The summed E-state index contributed by atoms with van der Waals surface area (Å²) >= 11 is 5.98. The molecule has 162 valence electrons. The van der Waals surface area contributed by atoms with Crippen molar-refractivity contribution in [3.05, 3.63) is 65.4 Å². The van der Waals surface area contributed by atoms with Gasteiger partial charge in [0.2, 0.25) is 0 Å². The lowest BCUT2D eigenvalue weighted by Gasteiger charge is -2.37. The van der Waals surface area contributed by atoms with Gasteiger partial charge in [-0.05, 0) is 29.8 Å². The first kappa shape index (κ1) is 21.5. The molecule has 1 atom stereocenters. The van der Waals surface area contributed by atoms with Gasteiger partial charge in [0, 0.05) is 49.6 Å². The number of carbonyl (C=O) groups excluding carboxylic acids is 1. The molecule has 0 bridgehead atoms. The van der Waals surface area contributed by atoms with Crippen LogP contribution in [0.1, 0.15) is 5.56 Å². The molecule has 1 saturated heterocycles. The molecule has 1 unspecified atom stereocenters. The van der Waals surface area contributed by atoms with E-state index in [0.29, 0.717) is 50.8 Å². The minimum Gasteiger partial charge on any atom is -0.367 e. The maximum atomic E-state index is 13.2. The zero-order valence-electron chi connectivity index (χ0n) is 17.3. The van der Waals surface area contributed by atoms with Crippen LogP contribution in [-0.4, -0.2) is 66.2 Å². The molecule has 1 aliphatic heterocycles. The summed E-state index contributed by atoms with van der Waals surface area (Å²) in [6, 6.07) is 15.5. The number of nitrogens with two attached hydrogens (primary N) is 1. The molecule has 2 N–H and O–H groups in total. The number of aromatic nitrogens is 2. The van der Waals surface area contributed by atoms with Gasteiger partial charge in [-0.3, -0.25) is 4.79 Å². The van der Waals surface area contributed by atoms with Gasteiger partial charge >= 0.3 is 0 Å². The Balaban J connectivity index is 1.43. The Morgan fingerprint density at radius 3 is 2.55 bits per heavy atom. The highest BCUT2D eigenvalue weighted by Gasteiger charge is 2.29. The lowest BCUT2D eigenvalue weighted by atomic mass is 10.1. The fraction of sp³-hybridized carbons (Fsp3) is 0.348. The smallest absolute Gasteiger partial charge is 0.252 e. The van der Waals surface area contributed by atoms with Crippen molar-refractivity contribution in [2.45, 2.75) is 12.5 Å². The molecular formula is C23H26ClN5O2. The molecular weight excluding hydrogens is 414 g/mol. The molecule has 2 aromatic carbocycles. The molecule has 1 fully saturated rings. The molecule has 3 aromatic rings. The molecule has 4 rings (SSSR count).